The highest BCUT2D eigenvalue weighted by Gasteiger charge is 2.12. The zero-order chi connectivity index (χ0) is 23.9. The van der Waals surface area contributed by atoms with Gasteiger partial charge in [-0.1, -0.05) is 47.5 Å². The lowest BCUT2D eigenvalue weighted by Gasteiger charge is -2.11. The zero-order valence-electron chi connectivity index (χ0n) is 20.3. The van der Waals surface area contributed by atoms with Gasteiger partial charge >= 0.3 is 0 Å². The summed E-state index contributed by atoms with van der Waals surface area (Å²) in [5.41, 5.74) is 6.30. The number of imidazole rings is 1. The van der Waals surface area contributed by atoms with E-state index in [1.807, 2.05) is 50.2 Å². The Labute approximate surface area is 201 Å². The maximum Gasteiger partial charge on any atom is 0.251 e. The van der Waals surface area contributed by atoms with Crippen molar-refractivity contribution < 1.29 is 9.53 Å². The van der Waals surface area contributed by atoms with Gasteiger partial charge in [0.15, 0.2) is 0 Å². The Balaban J connectivity index is 1.33. The van der Waals surface area contributed by atoms with Crippen LogP contribution in [-0.4, -0.2) is 28.6 Å². The fraction of sp³-hybridized carbons (Fsp3) is 0.310. The van der Waals surface area contributed by atoms with E-state index in [2.05, 4.69) is 47.1 Å². The van der Waals surface area contributed by atoms with Gasteiger partial charge in [0.2, 0.25) is 0 Å². The number of aromatic nitrogens is 2. The third-order valence-electron chi connectivity index (χ3n) is 6.04. The van der Waals surface area contributed by atoms with Crippen LogP contribution in [0.15, 0.2) is 66.7 Å². The average molecular weight is 456 g/mol. The molecule has 34 heavy (non-hydrogen) atoms. The average Bonchev–Trinajstić information content (AvgIpc) is 3.18. The van der Waals surface area contributed by atoms with Crippen LogP contribution in [-0.2, 0) is 13.0 Å². The maximum atomic E-state index is 12.6. The van der Waals surface area contributed by atoms with Gasteiger partial charge in [-0.3, -0.25) is 4.79 Å². The van der Waals surface area contributed by atoms with Crippen LogP contribution in [0.2, 0.25) is 0 Å². The molecule has 0 spiro atoms. The zero-order valence-corrected chi connectivity index (χ0v) is 20.3. The smallest absolute Gasteiger partial charge is 0.251 e. The van der Waals surface area contributed by atoms with Crippen LogP contribution in [0.5, 0.6) is 5.75 Å². The fourth-order valence-electron chi connectivity index (χ4n) is 4.22. The molecule has 0 bridgehead atoms. The predicted molar refractivity (Wildman–Crippen MR) is 138 cm³/mol. The quantitative estimate of drug-likeness (QED) is 0.308. The minimum atomic E-state index is -0.0146. The van der Waals surface area contributed by atoms with Crippen molar-refractivity contribution in [3.8, 4) is 5.75 Å². The van der Waals surface area contributed by atoms with E-state index in [1.54, 1.807) is 0 Å². The molecule has 1 heterocycles. The van der Waals surface area contributed by atoms with Gasteiger partial charge in [-0.15, -0.1) is 0 Å². The van der Waals surface area contributed by atoms with Crippen LogP contribution in [0.4, 0.5) is 0 Å². The molecule has 0 atom stereocenters. The van der Waals surface area contributed by atoms with Crippen molar-refractivity contribution in [2.45, 2.75) is 46.6 Å². The van der Waals surface area contributed by atoms with Crippen LogP contribution < -0.4 is 10.1 Å². The van der Waals surface area contributed by atoms with E-state index < -0.39 is 0 Å². The summed E-state index contributed by atoms with van der Waals surface area (Å²) in [7, 11) is 0. The van der Waals surface area contributed by atoms with Crippen molar-refractivity contribution in [1.29, 1.82) is 0 Å². The molecule has 0 fully saturated rings. The number of hydrogen-bond acceptors (Lipinski definition) is 3. The van der Waals surface area contributed by atoms with E-state index >= 15 is 0 Å². The number of benzene rings is 3. The van der Waals surface area contributed by atoms with Gasteiger partial charge in [0.1, 0.15) is 11.6 Å². The van der Waals surface area contributed by atoms with Gasteiger partial charge in [-0.2, -0.15) is 0 Å². The summed E-state index contributed by atoms with van der Waals surface area (Å²) in [5.74, 6) is 1.94. The molecule has 5 heteroatoms. The number of nitrogens with zero attached hydrogens (tertiary/aromatic N) is 2. The number of carbonyl (C=O) groups is 1. The molecule has 176 valence electrons. The van der Waals surface area contributed by atoms with Crippen LogP contribution in [0, 0.1) is 20.8 Å². The summed E-state index contributed by atoms with van der Waals surface area (Å²) in [6, 6.07) is 22.3. The first-order chi connectivity index (χ1) is 16.5. The summed E-state index contributed by atoms with van der Waals surface area (Å²) in [6.07, 6.45) is 2.53. The molecular weight excluding hydrogens is 422 g/mol. The molecule has 4 rings (SSSR count). The standard InChI is InChI=1S/C29H33N3O2/c1-21-11-14-24(15-12-21)34-19-7-18-32-27-9-5-4-8-26(27)31-28(32)10-6-17-30-29(33)25-16-13-22(2)20-23(25)3/h4-5,8-9,11-16,20H,6-7,10,17-19H2,1-3H3,(H,30,33). The Morgan fingerprint density at radius 2 is 1.71 bits per heavy atom. The molecule has 0 saturated heterocycles. The lowest BCUT2D eigenvalue weighted by Crippen LogP contribution is -2.25. The number of para-hydroxylation sites is 2. The normalized spacial score (nSPS) is 11.0. The predicted octanol–water partition coefficient (Wildman–Crippen LogP) is 5.79. The molecule has 3 aromatic carbocycles. The molecule has 0 unspecified atom stereocenters. The Hall–Kier alpha value is -3.60. The van der Waals surface area contributed by atoms with Gasteiger partial charge in [-0.25, -0.2) is 4.98 Å². The highest BCUT2D eigenvalue weighted by atomic mass is 16.5. The first-order valence-corrected chi connectivity index (χ1v) is 12.0. The first kappa shape index (κ1) is 23.6. The van der Waals surface area contributed by atoms with Crippen molar-refractivity contribution in [3.63, 3.8) is 0 Å². The number of rotatable bonds is 10. The van der Waals surface area contributed by atoms with Crippen LogP contribution >= 0.6 is 0 Å². The largest absolute Gasteiger partial charge is 0.494 e. The van der Waals surface area contributed by atoms with Crippen molar-refractivity contribution in [1.82, 2.24) is 14.9 Å². The number of nitrogens with one attached hydrogen (secondary N) is 1. The summed E-state index contributed by atoms with van der Waals surface area (Å²) in [6.45, 7) is 8.20. The lowest BCUT2D eigenvalue weighted by molar-refractivity contribution is 0.0952. The number of carbonyl (C=O) groups excluding carboxylic acids is 1. The van der Waals surface area contributed by atoms with E-state index in [4.69, 9.17) is 9.72 Å². The summed E-state index contributed by atoms with van der Waals surface area (Å²) in [5, 5.41) is 3.06. The highest BCUT2D eigenvalue weighted by molar-refractivity contribution is 5.95. The van der Waals surface area contributed by atoms with Crippen molar-refractivity contribution in [2.75, 3.05) is 13.2 Å². The monoisotopic (exact) mass is 455 g/mol. The molecule has 0 aliphatic carbocycles. The van der Waals surface area contributed by atoms with Crippen LogP contribution in [0.1, 0.15) is 45.7 Å². The topological polar surface area (TPSA) is 56.1 Å². The van der Waals surface area contributed by atoms with E-state index in [1.165, 1.54) is 5.56 Å². The molecule has 4 aromatic rings. The first-order valence-electron chi connectivity index (χ1n) is 12.0. The van der Waals surface area contributed by atoms with Crippen molar-refractivity contribution in [2.24, 2.45) is 0 Å². The SMILES string of the molecule is Cc1ccc(OCCCn2c(CCCNC(=O)c3ccc(C)cc3C)nc3ccccc32)cc1. The summed E-state index contributed by atoms with van der Waals surface area (Å²) in [4.78, 5) is 17.4. The van der Waals surface area contributed by atoms with Gasteiger partial charge in [-0.05, 0) is 69.5 Å². The minimum absolute atomic E-state index is 0.0146. The molecular formula is C29H33N3O2. The number of amides is 1. The van der Waals surface area contributed by atoms with Crippen LogP contribution in [0.3, 0.4) is 0 Å². The highest BCUT2D eigenvalue weighted by Crippen LogP contribution is 2.18. The summed E-state index contributed by atoms with van der Waals surface area (Å²) < 4.78 is 8.21. The summed E-state index contributed by atoms with van der Waals surface area (Å²) >= 11 is 0. The molecule has 0 aliphatic heterocycles. The number of hydrogen-bond donors (Lipinski definition) is 1. The van der Waals surface area contributed by atoms with Crippen molar-refractivity contribution in [3.05, 3.63) is 94.8 Å². The molecule has 1 aromatic heterocycles. The molecule has 5 nitrogen and oxygen atoms in total. The van der Waals surface area contributed by atoms with Crippen LogP contribution in [0.25, 0.3) is 11.0 Å². The third kappa shape index (κ3) is 5.84. The second-order valence-corrected chi connectivity index (χ2v) is 8.86. The molecule has 1 N–H and O–H groups in total. The van der Waals surface area contributed by atoms with E-state index in [0.29, 0.717) is 13.2 Å². The third-order valence-corrected chi connectivity index (χ3v) is 6.04. The second-order valence-electron chi connectivity index (χ2n) is 8.86. The molecule has 0 saturated carbocycles. The number of aryl methyl sites for hydroxylation is 5. The maximum absolute atomic E-state index is 12.6. The second kappa shape index (κ2) is 11.0. The van der Waals surface area contributed by atoms with Crippen molar-refractivity contribution >= 4 is 16.9 Å². The fourth-order valence-corrected chi connectivity index (χ4v) is 4.22. The molecule has 1 amide bonds. The van der Waals surface area contributed by atoms with Gasteiger partial charge in [0.05, 0.1) is 17.6 Å². The van der Waals surface area contributed by atoms with E-state index in [0.717, 1.165) is 65.1 Å². The number of ether oxygens (including phenoxy) is 1. The molecule has 0 aliphatic rings. The lowest BCUT2D eigenvalue weighted by atomic mass is 10.1. The Morgan fingerprint density at radius 1 is 0.941 bits per heavy atom. The molecule has 0 radical (unpaired) electrons. The number of fused-ring (bicyclic) bond motifs is 1. The Morgan fingerprint density at radius 3 is 2.50 bits per heavy atom. The van der Waals surface area contributed by atoms with Gasteiger partial charge in [0, 0.05) is 25.1 Å². The minimum Gasteiger partial charge on any atom is -0.494 e. The Bertz CT molecular complexity index is 1260. The Kier molecular flexibility index (Phi) is 7.63. The van der Waals surface area contributed by atoms with E-state index in [-0.39, 0.29) is 5.91 Å². The van der Waals surface area contributed by atoms with Gasteiger partial charge in [0.25, 0.3) is 5.91 Å². The van der Waals surface area contributed by atoms with E-state index in [9.17, 15) is 4.79 Å². The van der Waals surface area contributed by atoms with Gasteiger partial charge < -0.3 is 14.6 Å².